The Kier molecular flexibility index (Phi) is 13.3. The second kappa shape index (κ2) is 15.2. The number of unbranched alkanes of at least 4 members (excludes halogenated alkanes) is 3. The molecule has 6 nitrogen and oxygen atoms in total. The minimum Gasteiger partial charge on any atom is -0.492 e. The van der Waals surface area contributed by atoms with Crippen LogP contribution in [0.15, 0.2) is 46.8 Å². The number of halogens is 1. The summed E-state index contributed by atoms with van der Waals surface area (Å²) in [6.45, 7) is 6.06. The van der Waals surface area contributed by atoms with E-state index < -0.39 is 0 Å². The fraction of sp³-hybridized carbons (Fsp3) is 0.545. The van der Waals surface area contributed by atoms with Crippen molar-refractivity contribution in [2.75, 3.05) is 26.7 Å². The molecule has 0 aliphatic heterocycles. The molecule has 0 bridgehead atoms. The number of benzene rings is 1. The Morgan fingerprint density at radius 3 is 2.55 bits per heavy atom. The Labute approximate surface area is 184 Å². The summed E-state index contributed by atoms with van der Waals surface area (Å²) in [6.07, 6.45) is 9.88. The standard InChI is InChI=1S/C22H38BrN5O/c1-18(24)8-5-3-4-6-9-20(25)17-28(26)14-12-19-10-11-22(21(23)16-19)29-15-7-13-27-2/h10-11,16-17,27H,1,3-9,12-15,24-26H2,2H3/b20-17-. The Morgan fingerprint density at radius 1 is 1.17 bits per heavy atom. The topological polar surface area (TPSA) is 103 Å². The van der Waals surface area contributed by atoms with Crippen LogP contribution in [-0.2, 0) is 6.42 Å². The van der Waals surface area contributed by atoms with Gasteiger partial charge in [-0.1, -0.05) is 25.5 Å². The zero-order valence-electron chi connectivity index (χ0n) is 17.8. The SMILES string of the molecule is C=C(N)CCCCCC/C(N)=C/N(N)CCc1ccc(OCCCNC)c(Br)c1. The molecule has 0 saturated heterocycles. The Morgan fingerprint density at radius 2 is 1.90 bits per heavy atom. The van der Waals surface area contributed by atoms with Crippen molar-refractivity contribution >= 4 is 15.9 Å². The molecule has 0 aliphatic rings. The van der Waals surface area contributed by atoms with E-state index in [1.807, 2.05) is 19.3 Å². The number of rotatable bonds is 16. The number of hydrogen-bond acceptors (Lipinski definition) is 6. The van der Waals surface area contributed by atoms with Crippen molar-refractivity contribution in [1.82, 2.24) is 10.3 Å². The van der Waals surface area contributed by atoms with Gasteiger partial charge in [-0.25, -0.2) is 5.84 Å². The normalized spacial score (nSPS) is 11.5. The van der Waals surface area contributed by atoms with Crippen LogP contribution in [-0.4, -0.2) is 31.8 Å². The minimum absolute atomic E-state index is 0.696. The van der Waals surface area contributed by atoms with Gasteiger partial charge < -0.3 is 26.5 Å². The lowest BCUT2D eigenvalue weighted by Crippen LogP contribution is -2.28. The lowest BCUT2D eigenvalue weighted by molar-refractivity contribution is 0.308. The maximum absolute atomic E-state index is 6.10. The third kappa shape index (κ3) is 12.5. The van der Waals surface area contributed by atoms with Crippen LogP contribution in [0.2, 0.25) is 0 Å². The van der Waals surface area contributed by atoms with E-state index in [4.69, 9.17) is 22.0 Å². The summed E-state index contributed by atoms with van der Waals surface area (Å²) in [5.74, 6) is 6.95. The van der Waals surface area contributed by atoms with Crippen LogP contribution in [0, 0.1) is 0 Å². The molecule has 0 aromatic heterocycles. The van der Waals surface area contributed by atoms with E-state index in [1.54, 1.807) is 5.01 Å². The molecule has 0 fully saturated rings. The first-order valence-corrected chi connectivity index (χ1v) is 11.2. The monoisotopic (exact) mass is 467 g/mol. The summed E-state index contributed by atoms with van der Waals surface area (Å²) in [5.41, 5.74) is 14.5. The van der Waals surface area contributed by atoms with Gasteiger partial charge in [0.25, 0.3) is 0 Å². The molecule has 7 N–H and O–H groups in total. The summed E-state index contributed by atoms with van der Waals surface area (Å²) in [4.78, 5) is 0. The molecule has 0 aliphatic carbocycles. The molecular weight excluding hydrogens is 430 g/mol. The van der Waals surface area contributed by atoms with Gasteiger partial charge in [-0.15, -0.1) is 0 Å². The lowest BCUT2D eigenvalue weighted by Gasteiger charge is -2.16. The van der Waals surface area contributed by atoms with Crippen LogP contribution in [0.25, 0.3) is 0 Å². The van der Waals surface area contributed by atoms with E-state index in [1.165, 1.54) is 5.56 Å². The summed E-state index contributed by atoms with van der Waals surface area (Å²) >= 11 is 3.59. The molecular formula is C22H38BrN5O. The number of ether oxygens (including phenoxy) is 1. The Hall–Kier alpha value is -1.70. The quantitative estimate of drug-likeness (QED) is 0.167. The fourth-order valence-electron chi connectivity index (χ4n) is 2.88. The molecule has 0 amide bonds. The largest absolute Gasteiger partial charge is 0.492 e. The van der Waals surface area contributed by atoms with Gasteiger partial charge in [0.2, 0.25) is 0 Å². The summed E-state index contributed by atoms with van der Waals surface area (Å²) in [7, 11) is 1.94. The van der Waals surface area contributed by atoms with Crippen LogP contribution in [0.3, 0.4) is 0 Å². The zero-order chi connectivity index (χ0) is 21.5. The van der Waals surface area contributed by atoms with Crippen LogP contribution in [0.4, 0.5) is 0 Å². The molecule has 1 aromatic rings. The highest BCUT2D eigenvalue weighted by atomic mass is 79.9. The number of hydrazine groups is 1. The van der Waals surface area contributed by atoms with Gasteiger partial charge in [-0.3, -0.25) is 0 Å². The van der Waals surface area contributed by atoms with Crippen LogP contribution in [0.5, 0.6) is 5.75 Å². The van der Waals surface area contributed by atoms with Crippen LogP contribution >= 0.6 is 15.9 Å². The van der Waals surface area contributed by atoms with Crippen LogP contribution < -0.4 is 27.4 Å². The number of allylic oxidation sites excluding steroid dienone is 2. The van der Waals surface area contributed by atoms with Gasteiger partial charge in [-0.05, 0) is 85.7 Å². The van der Waals surface area contributed by atoms with Gasteiger partial charge in [-0.2, -0.15) is 0 Å². The Balaban J connectivity index is 2.30. The third-order valence-corrected chi connectivity index (χ3v) is 5.15. The van der Waals surface area contributed by atoms with E-state index in [0.717, 1.165) is 79.5 Å². The van der Waals surface area contributed by atoms with Crippen molar-refractivity contribution in [2.24, 2.45) is 17.3 Å². The van der Waals surface area contributed by atoms with Crippen LogP contribution in [0.1, 0.15) is 50.5 Å². The average Bonchev–Trinajstić information content (AvgIpc) is 2.67. The van der Waals surface area contributed by atoms with Crippen molar-refractivity contribution in [3.63, 3.8) is 0 Å². The highest BCUT2D eigenvalue weighted by molar-refractivity contribution is 9.10. The van der Waals surface area contributed by atoms with E-state index in [9.17, 15) is 0 Å². The van der Waals surface area contributed by atoms with Crippen molar-refractivity contribution in [2.45, 2.75) is 51.4 Å². The number of nitrogens with zero attached hydrogens (tertiary/aromatic N) is 1. The molecule has 0 radical (unpaired) electrons. The second-order valence-corrected chi connectivity index (χ2v) is 8.19. The van der Waals surface area contributed by atoms with E-state index in [-0.39, 0.29) is 0 Å². The maximum Gasteiger partial charge on any atom is 0.133 e. The lowest BCUT2D eigenvalue weighted by atomic mass is 10.1. The highest BCUT2D eigenvalue weighted by Gasteiger charge is 2.04. The first kappa shape index (κ1) is 25.3. The second-order valence-electron chi connectivity index (χ2n) is 7.33. The summed E-state index contributed by atoms with van der Waals surface area (Å²) in [6, 6.07) is 6.17. The molecule has 0 unspecified atom stereocenters. The molecule has 0 heterocycles. The van der Waals surface area contributed by atoms with E-state index in [0.29, 0.717) is 13.2 Å². The van der Waals surface area contributed by atoms with Crippen molar-refractivity contribution in [1.29, 1.82) is 0 Å². The first-order chi connectivity index (χ1) is 13.9. The van der Waals surface area contributed by atoms with Gasteiger partial charge in [0.15, 0.2) is 0 Å². The van der Waals surface area contributed by atoms with E-state index >= 15 is 0 Å². The first-order valence-electron chi connectivity index (χ1n) is 10.4. The molecule has 1 rings (SSSR count). The molecule has 0 atom stereocenters. The number of hydrogen-bond donors (Lipinski definition) is 4. The molecule has 164 valence electrons. The summed E-state index contributed by atoms with van der Waals surface area (Å²) < 4.78 is 6.76. The molecule has 1 aromatic carbocycles. The van der Waals surface area contributed by atoms with Crippen molar-refractivity contribution in [3.05, 3.63) is 52.4 Å². The van der Waals surface area contributed by atoms with Crippen molar-refractivity contribution in [3.8, 4) is 5.75 Å². The number of nitrogens with one attached hydrogen (secondary N) is 1. The summed E-state index contributed by atoms with van der Waals surface area (Å²) in [5, 5.41) is 4.78. The predicted octanol–water partition coefficient (Wildman–Crippen LogP) is 3.77. The maximum atomic E-state index is 6.10. The smallest absolute Gasteiger partial charge is 0.133 e. The van der Waals surface area contributed by atoms with Gasteiger partial charge in [0, 0.05) is 24.1 Å². The van der Waals surface area contributed by atoms with Gasteiger partial charge >= 0.3 is 0 Å². The van der Waals surface area contributed by atoms with E-state index in [2.05, 4.69) is 40.0 Å². The average molecular weight is 468 g/mol. The molecule has 29 heavy (non-hydrogen) atoms. The van der Waals surface area contributed by atoms with Gasteiger partial charge in [0.05, 0.1) is 11.1 Å². The Bertz CT molecular complexity index is 636. The predicted molar refractivity (Wildman–Crippen MR) is 126 cm³/mol. The third-order valence-electron chi connectivity index (χ3n) is 4.53. The molecule has 7 heteroatoms. The zero-order valence-corrected chi connectivity index (χ0v) is 19.3. The van der Waals surface area contributed by atoms with Crippen molar-refractivity contribution < 1.29 is 4.74 Å². The number of nitrogens with two attached hydrogens (primary N) is 3. The highest BCUT2D eigenvalue weighted by Crippen LogP contribution is 2.26. The van der Waals surface area contributed by atoms with Gasteiger partial charge in [0.1, 0.15) is 5.75 Å². The fourth-order valence-corrected chi connectivity index (χ4v) is 3.42. The molecule has 0 saturated carbocycles. The molecule has 0 spiro atoms. The minimum atomic E-state index is 0.696.